The van der Waals surface area contributed by atoms with E-state index in [2.05, 4.69) is 10.2 Å². The van der Waals surface area contributed by atoms with E-state index in [0.29, 0.717) is 21.4 Å². The summed E-state index contributed by atoms with van der Waals surface area (Å²) in [5, 5.41) is 18.1. The molecular formula is C23H20FN3O3S2. The van der Waals surface area contributed by atoms with E-state index in [4.69, 9.17) is 14.9 Å². The highest BCUT2D eigenvalue weighted by Gasteiger charge is 2.39. The van der Waals surface area contributed by atoms with Crippen LogP contribution in [0, 0.1) is 11.2 Å². The van der Waals surface area contributed by atoms with Gasteiger partial charge in [0.25, 0.3) is 0 Å². The lowest BCUT2D eigenvalue weighted by Crippen LogP contribution is -2.11. The fourth-order valence-electron chi connectivity index (χ4n) is 3.13. The number of nitrogens with zero attached hydrogens (tertiary/aromatic N) is 2. The topological polar surface area (TPSA) is 85.2 Å². The van der Waals surface area contributed by atoms with E-state index in [-0.39, 0.29) is 23.3 Å². The number of halogens is 1. The standard InChI is InChI=1S/C23H20FN3O3S2/c1-3-19-26-27-23(32-19)20-21(28)18(31-22(20)25)11-14-6-9-16(17(10-14)29-2)30-12-13-4-7-15(24)8-5-13/h4-11,20,25H,3,12H2,1-2H3/b18-11-,25-22?/t20-/m0/s1. The number of nitrogens with one attached hydrogen (secondary N) is 1. The first-order valence-corrected chi connectivity index (χ1v) is 11.5. The first kappa shape index (κ1) is 22.2. The van der Waals surface area contributed by atoms with Gasteiger partial charge < -0.3 is 9.47 Å². The van der Waals surface area contributed by atoms with Crippen molar-refractivity contribution >= 4 is 40.0 Å². The number of hydrogen-bond donors (Lipinski definition) is 1. The van der Waals surface area contributed by atoms with Crippen LogP contribution in [-0.2, 0) is 17.8 Å². The molecule has 9 heteroatoms. The molecule has 0 amide bonds. The smallest absolute Gasteiger partial charge is 0.186 e. The van der Waals surface area contributed by atoms with E-state index in [0.717, 1.165) is 34.3 Å². The van der Waals surface area contributed by atoms with Gasteiger partial charge in [0.05, 0.1) is 17.1 Å². The Labute approximate surface area is 193 Å². The van der Waals surface area contributed by atoms with Gasteiger partial charge >= 0.3 is 0 Å². The van der Waals surface area contributed by atoms with Crippen molar-refractivity contribution in [2.45, 2.75) is 25.9 Å². The van der Waals surface area contributed by atoms with Gasteiger partial charge in [-0.3, -0.25) is 10.2 Å². The zero-order valence-electron chi connectivity index (χ0n) is 17.4. The number of Topliss-reactive ketones (excluding diaryl/α,β-unsaturated/α-hetero) is 1. The molecule has 164 valence electrons. The van der Waals surface area contributed by atoms with Crippen LogP contribution in [0.4, 0.5) is 4.39 Å². The number of ether oxygens (including phenoxy) is 2. The van der Waals surface area contributed by atoms with E-state index in [1.807, 2.05) is 13.0 Å². The van der Waals surface area contributed by atoms with Crippen LogP contribution in [0.5, 0.6) is 11.5 Å². The maximum atomic E-state index is 13.1. The Hall–Kier alpha value is -3.04. The van der Waals surface area contributed by atoms with E-state index in [1.54, 1.807) is 37.5 Å². The van der Waals surface area contributed by atoms with Crippen molar-refractivity contribution < 1.29 is 18.7 Å². The molecule has 4 rings (SSSR count). The summed E-state index contributed by atoms with van der Waals surface area (Å²) < 4.78 is 24.3. The predicted molar refractivity (Wildman–Crippen MR) is 124 cm³/mol. The van der Waals surface area contributed by atoms with Gasteiger partial charge in [-0.15, -0.1) is 21.5 Å². The summed E-state index contributed by atoms with van der Waals surface area (Å²) in [6, 6.07) is 11.5. The SMILES string of the molecule is CCc1nnc([C@@H]2C(=N)S/C(=C\c3ccc(OCc4ccc(F)cc4)c(OC)c3)C2=O)s1. The van der Waals surface area contributed by atoms with Crippen molar-refractivity contribution in [2.24, 2.45) is 0 Å². The van der Waals surface area contributed by atoms with Crippen LogP contribution in [0.3, 0.4) is 0 Å². The predicted octanol–water partition coefficient (Wildman–Crippen LogP) is 5.25. The van der Waals surface area contributed by atoms with Crippen molar-refractivity contribution in [1.82, 2.24) is 10.2 Å². The Morgan fingerprint density at radius 2 is 1.94 bits per heavy atom. The lowest BCUT2D eigenvalue weighted by Gasteiger charge is -2.11. The molecule has 0 spiro atoms. The molecule has 32 heavy (non-hydrogen) atoms. The highest BCUT2D eigenvalue weighted by atomic mass is 32.2. The van der Waals surface area contributed by atoms with Gasteiger partial charge in [0.15, 0.2) is 17.3 Å². The number of benzene rings is 2. The van der Waals surface area contributed by atoms with E-state index in [1.165, 1.54) is 23.5 Å². The molecule has 1 fully saturated rings. The van der Waals surface area contributed by atoms with Gasteiger partial charge in [-0.05, 0) is 47.9 Å². The average molecular weight is 470 g/mol. The molecule has 2 heterocycles. The zero-order valence-corrected chi connectivity index (χ0v) is 19.1. The molecule has 0 radical (unpaired) electrons. The number of carbonyl (C=O) groups excluding carboxylic acids is 1. The maximum absolute atomic E-state index is 13.1. The number of aryl methyl sites for hydroxylation is 1. The highest BCUT2D eigenvalue weighted by Crippen LogP contribution is 2.42. The lowest BCUT2D eigenvalue weighted by molar-refractivity contribution is -0.114. The van der Waals surface area contributed by atoms with Crippen LogP contribution in [0.2, 0.25) is 0 Å². The van der Waals surface area contributed by atoms with E-state index < -0.39 is 5.92 Å². The number of thioether (sulfide) groups is 1. The van der Waals surface area contributed by atoms with E-state index >= 15 is 0 Å². The number of ketones is 1. The average Bonchev–Trinajstić information content (AvgIpc) is 3.37. The van der Waals surface area contributed by atoms with E-state index in [9.17, 15) is 9.18 Å². The number of carbonyl (C=O) groups is 1. The van der Waals surface area contributed by atoms with Crippen molar-refractivity contribution in [3.05, 3.63) is 74.3 Å². The molecule has 1 atom stereocenters. The summed E-state index contributed by atoms with van der Waals surface area (Å²) in [7, 11) is 1.54. The minimum Gasteiger partial charge on any atom is -0.493 e. The molecular weight excluding hydrogens is 449 g/mol. The van der Waals surface area contributed by atoms with Crippen molar-refractivity contribution in [1.29, 1.82) is 5.41 Å². The summed E-state index contributed by atoms with van der Waals surface area (Å²) in [5.74, 6) is -0.0647. The van der Waals surface area contributed by atoms with Crippen LogP contribution in [0.1, 0.15) is 34.0 Å². The van der Waals surface area contributed by atoms with Crippen LogP contribution >= 0.6 is 23.1 Å². The van der Waals surface area contributed by atoms with Crippen LogP contribution in [0.15, 0.2) is 47.4 Å². The second-order valence-corrected chi connectivity index (χ2v) is 9.16. The van der Waals surface area contributed by atoms with Crippen molar-refractivity contribution in [3.63, 3.8) is 0 Å². The molecule has 1 N–H and O–H groups in total. The quantitative estimate of drug-likeness (QED) is 0.476. The number of allylic oxidation sites excluding steroid dienone is 1. The Balaban J connectivity index is 1.51. The zero-order chi connectivity index (χ0) is 22.7. The highest BCUT2D eigenvalue weighted by molar-refractivity contribution is 8.19. The Bertz CT molecular complexity index is 1190. The van der Waals surface area contributed by atoms with Crippen LogP contribution in [-0.4, -0.2) is 28.1 Å². The molecule has 0 bridgehead atoms. The van der Waals surface area contributed by atoms with Crippen molar-refractivity contribution in [2.75, 3.05) is 7.11 Å². The third kappa shape index (κ3) is 4.73. The number of aromatic nitrogens is 2. The maximum Gasteiger partial charge on any atom is 0.186 e. The normalized spacial score (nSPS) is 17.2. The van der Waals surface area contributed by atoms with Gasteiger partial charge in [0.1, 0.15) is 28.4 Å². The second kappa shape index (κ2) is 9.62. The minimum atomic E-state index is -0.677. The van der Waals surface area contributed by atoms with Crippen molar-refractivity contribution in [3.8, 4) is 11.5 Å². The molecule has 1 saturated heterocycles. The summed E-state index contributed by atoms with van der Waals surface area (Å²) in [4.78, 5) is 13.4. The molecule has 6 nitrogen and oxygen atoms in total. The summed E-state index contributed by atoms with van der Waals surface area (Å²) >= 11 is 2.52. The molecule has 1 aliphatic heterocycles. The molecule has 2 aromatic carbocycles. The number of rotatable bonds is 7. The van der Waals surface area contributed by atoms with Gasteiger partial charge in [0.2, 0.25) is 0 Å². The number of methoxy groups -OCH3 is 1. The van der Waals surface area contributed by atoms with Crippen LogP contribution < -0.4 is 9.47 Å². The van der Waals surface area contributed by atoms with Gasteiger partial charge in [-0.25, -0.2) is 4.39 Å². The summed E-state index contributed by atoms with van der Waals surface area (Å²) in [5.41, 5.74) is 1.59. The molecule has 0 unspecified atom stereocenters. The third-order valence-corrected chi connectivity index (χ3v) is 6.94. The molecule has 0 aliphatic carbocycles. The molecule has 3 aromatic rings. The Morgan fingerprint density at radius 3 is 2.62 bits per heavy atom. The van der Waals surface area contributed by atoms with Gasteiger partial charge in [0, 0.05) is 0 Å². The van der Waals surface area contributed by atoms with Gasteiger partial charge in [-0.1, -0.05) is 36.9 Å². The number of hydrogen-bond acceptors (Lipinski definition) is 8. The Morgan fingerprint density at radius 1 is 1.16 bits per heavy atom. The monoisotopic (exact) mass is 469 g/mol. The first-order valence-electron chi connectivity index (χ1n) is 9.88. The second-order valence-electron chi connectivity index (χ2n) is 6.99. The minimum absolute atomic E-state index is 0.144. The third-order valence-electron chi connectivity index (χ3n) is 4.81. The lowest BCUT2D eigenvalue weighted by atomic mass is 10.1. The summed E-state index contributed by atoms with van der Waals surface area (Å²) in [6.45, 7) is 2.25. The molecule has 0 saturated carbocycles. The summed E-state index contributed by atoms with van der Waals surface area (Å²) in [6.07, 6.45) is 2.49. The van der Waals surface area contributed by atoms with Gasteiger partial charge in [-0.2, -0.15) is 0 Å². The fraction of sp³-hybridized carbons (Fsp3) is 0.217. The van der Waals surface area contributed by atoms with Crippen LogP contribution in [0.25, 0.3) is 6.08 Å². The fourth-order valence-corrected chi connectivity index (χ4v) is 5.08. The first-order chi connectivity index (χ1) is 15.5. The largest absolute Gasteiger partial charge is 0.493 e. The molecule has 1 aromatic heterocycles. The Kier molecular flexibility index (Phi) is 6.66. The molecule has 1 aliphatic rings.